The number of thioether (sulfide) groups is 1. The quantitative estimate of drug-likeness (QED) is 0.391. The molecule has 2 aliphatic rings. The molecule has 0 radical (unpaired) electrons. The van der Waals surface area contributed by atoms with Gasteiger partial charge in [-0.15, -0.1) is 0 Å². The van der Waals surface area contributed by atoms with Crippen LogP contribution in [0.1, 0.15) is 68.8 Å². The van der Waals surface area contributed by atoms with Gasteiger partial charge in [-0.3, -0.25) is 4.79 Å². The molecule has 0 aromatic carbocycles. The first-order chi connectivity index (χ1) is 13.1. The van der Waals surface area contributed by atoms with Crippen LogP contribution in [0.2, 0.25) is 0 Å². The maximum absolute atomic E-state index is 11.6. The summed E-state index contributed by atoms with van der Waals surface area (Å²) in [6.07, 6.45) is 9.74. The van der Waals surface area contributed by atoms with Gasteiger partial charge in [0.25, 0.3) is 0 Å². The molecule has 1 aliphatic carbocycles. The third-order valence-electron chi connectivity index (χ3n) is 6.27. The molecular formula is C21H35N3O2S. The van der Waals surface area contributed by atoms with Gasteiger partial charge in [-0.05, 0) is 65.6 Å². The predicted molar refractivity (Wildman–Crippen MR) is 110 cm³/mol. The number of likely N-dealkylation sites (tertiary alicyclic amines) is 1. The van der Waals surface area contributed by atoms with Gasteiger partial charge in [-0.2, -0.15) is 0 Å². The Morgan fingerprint density at radius 1 is 1.15 bits per heavy atom. The molecular weight excluding hydrogens is 358 g/mol. The normalized spacial score (nSPS) is 20.1. The van der Waals surface area contributed by atoms with E-state index in [0.717, 1.165) is 38.2 Å². The van der Waals surface area contributed by atoms with E-state index in [1.807, 2.05) is 11.8 Å². The molecule has 3 rings (SSSR count). The van der Waals surface area contributed by atoms with Gasteiger partial charge in [-0.25, -0.2) is 4.98 Å². The molecule has 0 spiro atoms. The van der Waals surface area contributed by atoms with Crippen LogP contribution in [0.5, 0.6) is 0 Å². The first-order valence-electron chi connectivity index (χ1n) is 10.6. The van der Waals surface area contributed by atoms with E-state index < -0.39 is 0 Å². The van der Waals surface area contributed by atoms with Crippen LogP contribution in [0, 0.1) is 19.8 Å². The summed E-state index contributed by atoms with van der Waals surface area (Å²) < 4.78 is 7.40. The summed E-state index contributed by atoms with van der Waals surface area (Å²) >= 11 is 1.92. The van der Waals surface area contributed by atoms with Gasteiger partial charge in [0.15, 0.2) is 5.16 Å². The van der Waals surface area contributed by atoms with Gasteiger partial charge >= 0.3 is 5.97 Å². The zero-order valence-corrected chi connectivity index (χ0v) is 18.0. The summed E-state index contributed by atoms with van der Waals surface area (Å²) in [5.41, 5.74) is 2.54. The zero-order valence-electron chi connectivity index (χ0n) is 17.2. The van der Waals surface area contributed by atoms with E-state index in [1.54, 1.807) is 0 Å². The van der Waals surface area contributed by atoms with E-state index in [1.165, 1.54) is 62.2 Å². The lowest BCUT2D eigenvalue weighted by Gasteiger charge is -2.30. The summed E-state index contributed by atoms with van der Waals surface area (Å²) in [5.74, 6) is 1.18. The minimum absolute atomic E-state index is 0.0366. The van der Waals surface area contributed by atoms with E-state index in [-0.39, 0.29) is 11.9 Å². The lowest BCUT2D eigenvalue weighted by atomic mass is 9.95. The second kappa shape index (κ2) is 9.97. The van der Waals surface area contributed by atoms with Crippen molar-refractivity contribution in [2.75, 3.05) is 32.5 Å². The van der Waals surface area contributed by atoms with E-state index in [0.29, 0.717) is 6.04 Å². The van der Waals surface area contributed by atoms with Crippen molar-refractivity contribution in [3.63, 3.8) is 0 Å². The first kappa shape index (κ1) is 20.7. The largest absolute Gasteiger partial charge is 0.469 e. The number of esters is 1. The Hall–Kier alpha value is -1.01. The first-order valence-corrected chi connectivity index (χ1v) is 11.6. The number of rotatable bonds is 7. The molecule has 1 saturated carbocycles. The second-order valence-electron chi connectivity index (χ2n) is 8.07. The molecule has 1 saturated heterocycles. The Labute approximate surface area is 168 Å². The highest BCUT2D eigenvalue weighted by atomic mass is 32.2. The topological polar surface area (TPSA) is 47.4 Å². The Bertz CT molecular complexity index is 617. The molecule has 2 fully saturated rings. The standard InChI is InChI=1S/C21H35N3O2S/c1-16-17(2)24(19-8-5-4-6-9-19)21(22-16)27-15-7-12-23-13-10-18(11-14-23)20(25)26-3/h18-19H,4-15H2,1-3H3. The van der Waals surface area contributed by atoms with Crippen molar-refractivity contribution in [3.05, 3.63) is 11.4 Å². The summed E-state index contributed by atoms with van der Waals surface area (Å²) in [6.45, 7) is 7.51. The number of piperidine rings is 1. The van der Waals surface area contributed by atoms with Crippen LogP contribution in [0.4, 0.5) is 0 Å². The Balaban J connectivity index is 1.44. The highest BCUT2D eigenvalue weighted by molar-refractivity contribution is 7.99. The third-order valence-corrected chi connectivity index (χ3v) is 7.31. The molecule has 27 heavy (non-hydrogen) atoms. The number of ether oxygens (including phenoxy) is 1. The van der Waals surface area contributed by atoms with Crippen LogP contribution in [0.25, 0.3) is 0 Å². The number of aromatic nitrogens is 2. The smallest absolute Gasteiger partial charge is 0.308 e. The molecule has 2 heterocycles. The summed E-state index contributed by atoms with van der Waals surface area (Å²) in [6, 6.07) is 0.653. The van der Waals surface area contributed by atoms with E-state index in [4.69, 9.17) is 9.72 Å². The molecule has 0 amide bonds. The lowest BCUT2D eigenvalue weighted by Crippen LogP contribution is -2.37. The molecule has 1 aliphatic heterocycles. The summed E-state index contributed by atoms with van der Waals surface area (Å²) in [7, 11) is 1.49. The minimum atomic E-state index is -0.0366. The summed E-state index contributed by atoms with van der Waals surface area (Å²) in [4.78, 5) is 19.0. The number of hydrogen-bond acceptors (Lipinski definition) is 5. The molecule has 0 unspecified atom stereocenters. The summed E-state index contributed by atoms with van der Waals surface area (Å²) in [5, 5.41) is 1.22. The van der Waals surface area contributed by atoms with Crippen molar-refractivity contribution in [1.82, 2.24) is 14.5 Å². The minimum Gasteiger partial charge on any atom is -0.469 e. The fourth-order valence-corrected chi connectivity index (χ4v) is 5.56. The van der Waals surface area contributed by atoms with Crippen LogP contribution in [-0.2, 0) is 9.53 Å². The van der Waals surface area contributed by atoms with Crippen LogP contribution in [0.15, 0.2) is 5.16 Å². The molecule has 1 aromatic rings. The van der Waals surface area contributed by atoms with Crippen molar-refractivity contribution in [1.29, 1.82) is 0 Å². The highest BCUT2D eigenvalue weighted by Gasteiger charge is 2.25. The van der Waals surface area contributed by atoms with Crippen molar-refractivity contribution < 1.29 is 9.53 Å². The van der Waals surface area contributed by atoms with Gasteiger partial charge in [0.05, 0.1) is 18.7 Å². The molecule has 1 aromatic heterocycles. The fourth-order valence-electron chi connectivity index (χ4n) is 4.48. The average Bonchev–Trinajstić information content (AvgIpc) is 2.99. The van der Waals surface area contributed by atoms with Crippen LogP contribution in [0.3, 0.4) is 0 Å². The lowest BCUT2D eigenvalue weighted by molar-refractivity contribution is -0.147. The average molecular weight is 394 g/mol. The molecule has 152 valence electrons. The van der Waals surface area contributed by atoms with Gasteiger partial charge in [0.2, 0.25) is 0 Å². The van der Waals surface area contributed by atoms with E-state index in [9.17, 15) is 4.79 Å². The van der Waals surface area contributed by atoms with E-state index >= 15 is 0 Å². The van der Waals surface area contributed by atoms with Gasteiger partial charge in [0, 0.05) is 17.5 Å². The number of hydrogen-bond donors (Lipinski definition) is 0. The second-order valence-corrected chi connectivity index (χ2v) is 9.13. The number of carbonyl (C=O) groups is 1. The maximum Gasteiger partial charge on any atom is 0.308 e. The van der Waals surface area contributed by atoms with Crippen molar-refractivity contribution >= 4 is 17.7 Å². The third kappa shape index (κ3) is 5.29. The number of aryl methyl sites for hydroxylation is 1. The van der Waals surface area contributed by atoms with Gasteiger partial charge < -0.3 is 14.2 Å². The molecule has 0 bridgehead atoms. The number of carbonyl (C=O) groups excluding carboxylic acids is 1. The van der Waals surface area contributed by atoms with Crippen molar-refractivity contribution in [2.45, 2.75) is 76.4 Å². The van der Waals surface area contributed by atoms with Crippen LogP contribution >= 0.6 is 11.8 Å². The molecule has 0 atom stereocenters. The monoisotopic (exact) mass is 393 g/mol. The fraction of sp³-hybridized carbons (Fsp3) is 0.810. The molecule has 6 heteroatoms. The zero-order chi connectivity index (χ0) is 19.2. The maximum atomic E-state index is 11.6. The Morgan fingerprint density at radius 2 is 1.85 bits per heavy atom. The van der Waals surface area contributed by atoms with E-state index in [2.05, 4.69) is 23.3 Å². The molecule has 0 N–H and O–H groups in total. The number of nitrogens with zero attached hydrogens (tertiary/aromatic N) is 3. The Morgan fingerprint density at radius 3 is 2.52 bits per heavy atom. The molecule has 5 nitrogen and oxygen atoms in total. The number of imidazole rings is 1. The van der Waals surface area contributed by atoms with Crippen LogP contribution in [-0.4, -0.2) is 52.9 Å². The van der Waals surface area contributed by atoms with Crippen LogP contribution < -0.4 is 0 Å². The Kier molecular flexibility index (Phi) is 7.65. The van der Waals surface area contributed by atoms with Crippen molar-refractivity contribution in [3.8, 4) is 0 Å². The predicted octanol–water partition coefficient (Wildman–Crippen LogP) is 4.37. The highest BCUT2D eigenvalue weighted by Crippen LogP contribution is 2.34. The van der Waals surface area contributed by atoms with Gasteiger partial charge in [-0.1, -0.05) is 31.0 Å². The van der Waals surface area contributed by atoms with Gasteiger partial charge in [0.1, 0.15) is 0 Å². The number of methoxy groups -OCH3 is 1. The van der Waals surface area contributed by atoms with Crippen molar-refractivity contribution in [2.24, 2.45) is 5.92 Å². The SMILES string of the molecule is COC(=O)C1CCN(CCCSc2nc(C)c(C)n2C2CCCCC2)CC1.